The zero-order valence-electron chi connectivity index (χ0n) is 14.9. The molecule has 25 heavy (non-hydrogen) atoms. The van der Waals surface area contributed by atoms with Crippen molar-refractivity contribution in [2.24, 2.45) is 5.73 Å². The molecule has 0 saturated heterocycles. The Balaban J connectivity index is 1.62. The number of nitrogens with one attached hydrogen (secondary N) is 2. The average molecular weight is 333 g/mol. The highest BCUT2D eigenvalue weighted by Crippen LogP contribution is 2.31. The summed E-state index contributed by atoms with van der Waals surface area (Å²) >= 11 is 0. The SMILES string of the molecule is Cc1cc(NC2CCCC2)c2[nH]c(C(N)Cc3ccccc3)cc2c1. The molecule has 0 amide bonds. The molecule has 130 valence electrons. The minimum Gasteiger partial charge on any atom is -0.381 e. The number of anilines is 1. The summed E-state index contributed by atoms with van der Waals surface area (Å²) in [5, 5.41) is 5.00. The first-order valence-electron chi connectivity index (χ1n) is 9.38. The number of rotatable bonds is 5. The monoisotopic (exact) mass is 333 g/mol. The maximum Gasteiger partial charge on any atom is 0.0692 e. The minimum atomic E-state index is -0.0190. The van der Waals surface area contributed by atoms with Crippen molar-refractivity contribution in [2.45, 2.75) is 51.1 Å². The van der Waals surface area contributed by atoms with Crippen LogP contribution in [-0.2, 0) is 6.42 Å². The van der Waals surface area contributed by atoms with Crippen LogP contribution in [0.25, 0.3) is 10.9 Å². The Morgan fingerprint density at radius 3 is 2.64 bits per heavy atom. The number of aromatic amines is 1. The van der Waals surface area contributed by atoms with E-state index in [0.717, 1.165) is 12.1 Å². The fourth-order valence-electron chi connectivity index (χ4n) is 4.00. The molecular weight excluding hydrogens is 306 g/mol. The maximum absolute atomic E-state index is 6.49. The van der Waals surface area contributed by atoms with Gasteiger partial charge >= 0.3 is 0 Å². The van der Waals surface area contributed by atoms with Crippen molar-refractivity contribution in [2.75, 3.05) is 5.32 Å². The highest BCUT2D eigenvalue weighted by molar-refractivity contribution is 5.92. The first kappa shape index (κ1) is 16.2. The molecule has 3 aromatic rings. The molecule has 1 heterocycles. The largest absolute Gasteiger partial charge is 0.381 e. The van der Waals surface area contributed by atoms with Gasteiger partial charge in [0.1, 0.15) is 0 Å². The Hall–Kier alpha value is -2.26. The van der Waals surface area contributed by atoms with Crippen molar-refractivity contribution in [3.8, 4) is 0 Å². The van der Waals surface area contributed by atoms with E-state index < -0.39 is 0 Å². The van der Waals surface area contributed by atoms with Gasteiger partial charge in [0.25, 0.3) is 0 Å². The first-order chi connectivity index (χ1) is 12.2. The van der Waals surface area contributed by atoms with Gasteiger partial charge in [0.05, 0.1) is 11.2 Å². The third-order valence-corrected chi connectivity index (χ3v) is 5.31. The first-order valence-corrected chi connectivity index (χ1v) is 9.38. The van der Waals surface area contributed by atoms with E-state index in [1.807, 2.05) is 6.07 Å². The van der Waals surface area contributed by atoms with Crippen molar-refractivity contribution in [1.29, 1.82) is 0 Å². The topological polar surface area (TPSA) is 53.8 Å². The molecule has 4 rings (SSSR count). The van der Waals surface area contributed by atoms with Crippen LogP contribution in [0.4, 0.5) is 5.69 Å². The van der Waals surface area contributed by atoms with Crippen LogP contribution in [-0.4, -0.2) is 11.0 Å². The lowest BCUT2D eigenvalue weighted by molar-refractivity contribution is 0.703. The van der Waals surface area contributed by atoms with Crippen molar-refractivity contribution in [3.63, 3.8) is 0 Å². The van der Waals surface area contributed by atoms with E-state index >= 15 is 0 Å². The number of hydrogen-bond donors (Lipinski definition) is 3. The van der Waals surface area contributed by atoms with E-state index in [1.165, 1.54) is 53.4 Å². The van der Waals surface area contributed by atoms with E-state index in [9.17, 15) is 0 Å². The Bertz CT molecular complexity index is 844. The number of hydrogen-bond acceptors (Lipinski definition) is 2. The summed E-state index contributed by atoms with van der Waals surface area (Å²) in [5.41, 5.74) is 12.6. The molecule has 0 aliphatic heterocycles. The molecule has 1 unspecified atom stereocenters. The number of nitrogens with two attached hydrogens (primary N) is 1. The molecule has 2 aromatic carbocycles. The van der Waals surface area contributed by atoms with Gasteiger partial charge in [-0.1, -0.05) is 43.2 Å². The van der Waals surface area contributed by atoms with Gasteiger partial charge in [0.15, 0.2) is 0 Å². The van der Waals surface area contributed by atoms with Gasteiger partial charge in [-0.2, -0.15) is 0 Å². The zero-order valence-corrected chi connectivity index (χ0v) is 14.9. The predicted octanol–water partition coefficient (Wildman–Crippen LogP) is 5.07. The van der Waals surface area contributed by atoms with Crippen molar-refractivity contribution in [3.05, 3.63) is 65.4 Å². The molecule has 1 saturated carbocycles. The Kier molecular flexibility index (Phi) is 4.50. The molecule has 1 aromatic heterocycles. The predicted molar refractivity (Wildman–Crippen MR) is 106 cm³/mol. The second kappa shape index (κ2) is 6.93. The summed E-state index contributed by atoms with van der Waals surface area (Å²) in [6.07, 6.45) is 6.07. The van der Waals surface area contributed by atoms with Gasteiger partial charge < -0.3 is 16.0 Å². The van der Waals surface area contributed by atoms with Gasteiger partial charge in [0.2, 0.25) is 0 Å². The Morgan fingerprint density at radius 1 is 1.12 bits per heavy atom. The smallest absolute Gasteiger partial charge is 0.0692 e. The summed E-state index contributed by atoms with van der Waals surface area (Å²) < 4.78 is 0. The average Bonchev–Trinajstić information content (AvgIpc) is 3.25. The van der Waals surface area contributed by atoms with Crippen molar-refractivity contribution >= 4 is 16.6 Å². The number of fused-ring (bicyclic) bond motifs is 1. The van der Waals surface area contributed by atoms with Crippen LogP contribution >= 0.6 is 0 Å². The highest BCUT2D eigenvalue weighted by atomic mass is 14.9. The number of aryl methyl sites for hydroxylation is 1. The second-order valence-electron chi connectivity index (χ2n) is 7.42. The van der Waals surface area contributed by atoms with Gasteiger partial charge in [-0.3, -0.25) is 0 Å². The van der Waals surface area contributed by atoms with Crippen LogP contribution in [0.2, 0.25) is 0 Å². The summed E-state index contributed by atoms with van der Waals surface area (Å²) in [6, 6.07) is 17.8. The molecule has 0 bridgehead atoms. The molecule has 1 aliphatic carbocycles. The minimum absolute atomic E-state index is 0.0190. The van der Waals surface area contributed by atoms with Gasteiger partial charge in [-0.15, -0.1) is 0 Å². The fraction of sp³-hybridized carbons (Fsp3) is 0.364. The lowest BCUT2D eigenvalue weighted by Gasteiger charge is -2.15. The third-order valence-electron chi connectivity index (χ3n) is 5.31. The number of benzene rings is 2. The lowest BCUT2D eigenvalue weighted by Crippen LogP contribution is -2.15. The van der Waals surface area contributed by atoms with E-state index in [0.29, 0.717) is 6.04 Å². The van der Waals surface area contributed by atoms with E-state index in [4.69, 9.17) is 5.73 Å². The van der Waals surface area contributed by atoms with Crippen LogP contribution in [0.3, 0.4) is 0 Å². The summed E-state index contributed by atoms with van der Waals surface area (Å²) in [5.74, 6) is 0. The quantitative estimate of drug-likeness (QED) is 0.610. The highest BCUT2D eigenvalue weighted by Gasteiger charge is 2.17. The Morgan fingerprint density at radius 2 is 1.88 bits per heavy atom. The van der Waals surface area contributed by atoms with Crippen LogP contribution in [0.15, 0.2) is 48.5 Å². The standard InChI is InChI=1S/C22H27N3/c1-15-11-17-14-20(19(23)13-16-7-3-2-4-8-16)25-22(17)21(12-15)24-18-9-5-6-10-18/h2-4,7-8,11-12,14,18-19,24-25H,5-6,9-10,13,23H2,1H3. The maximum atomic E-state index is 6.49. The third kappa shape index (κ3) is 3.57. The molecule has 1 aliphatic rings. The van der Waals surface area contributed by atoms with Gasteiger partial charge in [-0.25, -0.2) is 0 Å². The van der Waals surface area contributed by atoms with Crippen molar-refractivity contribution in [1.82, 2.24) is 4.98 Å². The summed E-state index contributed by atoms with van der Waals surface area (Å²) in [4.78, 5) is 3.60. The number of H-pyrrole nitrogens is 1. The van der Waals surface area contributed by atoms with E-state index in [2.05, 4.69) is 59.7 Å². The van der Waals surface area contributed by atoms with E-state index in [-0.39, 0.29) is 6.04 Å². The Labute approximate surface area is 149 Å². The van der Waals surface area contributed by atoms with Gasteiger partial charge in [0, 0.05) is 23.2 Å². The summed E-state index contributed by atoms with van der Waals surface area (Å²) in [7, 11) is 0. The zero-order chi connectivity index (χ0) is 17.2. The molecule has 0 spiro atoms. The van der Waals surface area contributed by atoms with Crippen LogP contribution < -0.4 is 11.1 Å². The molecular formula is C22H27N3. The lowest BCUT2D eigenvalue weighted by atomic mass is 10.0. The molecule has 1 atom stereocenters. The van der Waals surface area contributed by atoms with Gasteiger partial charge in [-0.05, 0) is 55.5 Å². The second-order valence-corrected chi connectivity index (χ2v) is 7.42. The van der Waals surface area contributed by atoms with Crippen LogP contribution in [0.5, 0.6) is 0 Å². The number of aromatic nitrogens is 1. The van der Waals surface area contributed by atoms with Crippen LogP contribution in [0, 0.1) is 6.92 Å². The molecule has 4 N–H and O–H groups in total. The fourth-order valence-corrected chi connectivity index (χ4v) is 4.00. The molecule has 3 nitrogen and oxygen atoms in total. The van der Waals surface area contributed by atoms with Crippen molar-refractivity contribution < 1.29 is 0 Å². The molecule has 3 heteroatoms. The van der Waals surface area contributed by atoms with E-state index in [1.54, 1.807) is 0 Å². The normalized spacial score (nSPS) is 16.4. The summed E-state index contributed by atoms with van der Waals surface area (Å²) in [6.45, 7) is 2.16. The molecule has 0 radical (unpaired) electrons. The van der Waals surface area contributed by atoms with Crippen LogP contribution in [0.1, 0.15) is 48.5 Å². The molecule has 1 fully saturated rings.